The van der Waals surface area contributed by atoms with Crippen LogP contribution in [0.4, 0.5) is 17.3 Å². The molecule has 2 aromatic rings. The summed E-state index contributed by atoms with van der Waals surface area (Å²) in [4.78, 5) is 0. The van der Waals surface area contributed by atoms with Crippen LogP contribution < -0.4 is 66.3 Å². The fraction of sp³-hybridized carbons (Fsp3) is 0.200. The fourth-order valence-corrected chi connectivity index (χ4v) is 2.40. The van der Waals surface area contributed by atoms with E-state index in [9.17, 15) is 17.3 Å². The minimum Gasteiger partial charge on any atom is -0.490 e. The van der Waals surface area contributed by atoms with Crippen LogP contribution >= 0.6 is 0 Å². The van der Waals surface area contributed by atoms with Gasteiger partial charge in [0.15, 0.2) is 0 Å². The fourth-order valence-electron chi connectivity index (χ4n) is 2.40. The van der Waals surface area contributed by atoms with Crippen LogP contribution in [0.2, 0.25) is 0 Å². The summed E-state index contributed by atoms with van der Waals surface area (Å²) < 4.78 is 62.0. The number of ether oxygens (including phenoxy) is 2. The Hall–Kier alpha value is -0.539. The minimum atomic E-state index is -5.36. The van der Waals surface area contributed by atoms with Crippen LogP contribution in [0.5, 0.6) is 11.5 Å². The summed E-state index contributed by atoms with van der Waals surface area (Å²) in [5.74, 6) is -0.487. The van der Waals surface area contributed by atoms with E-state index in [0.717, 1.165) is 23.4 Å². The summed E-state index contributed by atoms with van der Waals surface area (Å²) in [5.41, 5.74) is -0.186. The van der Waals surface area contributed by atoms with Crippen molar-refractivity contribution in [2.75, 3.05) is 6.61 Å². The average Bonchev–Trinajstić information content (AvgIpc) is 2.86. The van der Waals surface area contributed by atoms with Gasteiger partial charge in [-0.2, -0.15) is 0 Å². The Bertz CT molecular complexity index is 668. The van der Waals surface area contributed by atoms with E-state index in [2.05, 4.69) is 0 Å². The maximum Gasteiger partial charge on any atom is 1.00 e. The Morgan fingerprint density at radius 3 is 2.52 bits per heavy atom. The van der Waals surface area contributed by atoms with Gasteiger partial charge in [0, 0.05) is 12.5 Å². The van der Waals surface area contributed by atoms with Gasteiger partial charge in [-0.15, -0.1) is 0 Å². The molecule has 0 spiro atoms. The van der Waals surface area contributed by atoms with Crippen molar-refractivity contribution in [1.29, 1.82) is 0 Å². The predicted octanol–water partition coefficient (Wildman–Crippen LogP) is 0.267. The van der Waals surface area contributed by atoms with Gasteiger partial charge in [0.2, 0.25) is 0 Å². The number of hydrogen-bond donors (Lipinski definition) is 0. The quantitative estimate of drug-likeness (QED) is 0.582. The summed E-state index contributed by atoms with van der Waals surface area (Å²) >= 11 is 0. The zero-order valence-corrected chi connectivity index (χ0v) is 15.6. The van der Waals surface area contributed by atoms with E-state index in [0.29, 0.717) is 12.5 Å². The summed E-state index contributed by atoms with van der Waals surface area (Å²) in [6, 6.07) is 10.1. The van der Waals surface area contributed by atoms with Crippen molar-refractivity contribution >= 4 is 12.4 Å². The average molecular weight is 350 g/mol. The molecule has 1 atom stereocenters. The summed E-state index contributed by atoms with van der Waals surface area (Å²) in [5, 5.41) is 0. The van der Waals surface area contributed by atoms with Gasteiger partial charge in [0.25, 0.3) is 0 Å². The molecular formula is C15H12BF4KO2. The first-order chi connectivity index (χ1) is 10.4. The third-order valence-electron chi connectivity index (χ3n) is 3.47. The Labute approximate surface area is 173 Å². The molecule has 0 saturated carbocycles. The molecule has 1 aliphatic heterocycles. The number of para-hydroxylation sites is 1. The van der Waals surface area contributed by atoms with Crippen LogP contribution in [0.25, 0.3) is 0 Å². The van der Waals surface area contributed by atoms with E-state index in [1.165, 1.54) is 0 Å². The first-order valence-electron chi connectivity index (χ1n) is 6.80. The first kappa shape index (κ1) is 18.8. The normalized spacial score (nSPS) is 16.3. The van der Waals surface area contributed by atoms with Crippen molar-refractivity contribution in [3.63, 3.8) is 0 Å². The number of rotatable bonds is 4. The third kappa shape index (κ3) is 4.51. The van der Waals surface area contributed by atoms with Gasteiger partial charge in [-0.3, -0.25) is 0 Å². The molecule has 1 aliphatic rings. The molecule has 2 nitrogen and oxygen atoms in total. The van der Waals surface area contributed by atoms with Crippen LogP contribution in [0, 0.1) is 5.82 Å². The van der Waals surface area contributed by atoms with Crippen LogP contribution in [0.15, 0.2) is 42.5 Å². The number of halogens is 4. The first-order valence-corrected chi connectivity index (χ1v) is 6.80. The van der Waals surface area contributed by atoms with E-state index in [1.54, 1.807) is 0 Å². The second kappa shape index (κ2) is 7.57. The van der Waals surface area contributed by atoms with Gasteiger partial charge in [-0.05, 0) is 17.7 Å². The van der Waals surface area contributed by atoms with Crippen molar-refractivity contribution in [2.45, 2.75) is 12.5 Å². The molecule has 1 unspecified atom stereocenters. The molecule has 0 aromatic heterocycles. The van der Waals surface area contributed by atoms with Crippen LogP contribution in [-0.4, -0.2) is 19.7 Å². The second-order valence-corrected chi connectivity index (χ2v) is 5.12. The van der Waals surface area contributed by atoms with Crippen molar-refractivity contribution in [2.24, 2.45) is 0 Å². The number of fused-ring (bicyclic) bond motifs is 1. The molecule has 0 fully saturated rings. The molecule has 0 N–H and O–H groups in total. The zero-order chi connectivity index (χ0) is 15.7. The van der Waals surface area contributed by atoms with E-state index in [-0.39, 0.29) is 69.8 Å². The van der Waals surface area contributed by atoms with Gasteiger partial charge in [-0.1, -0.05) is 29.7 Å². The SMILES string of the molecule is Fc1cc(OCC2Cc3ccccc3O2)ccc1[B-](F)(F)F.[K+]. The van der Waals surface area contributed by atoms with Crippen molar-refractivity contribution < 1.29 is 78.2 Å². The van der Waals surface area contributed by atoms with Crippen LogP contribution in [0.1, 0.15) is 5.56 Å². The molecular weight excluding hydrogens is 338 g/mol. The molecule has 8 heteroatoms. The Kier molecular flexibility index (Phi) is 6.18. The second-order valence-electron chi connectivity index (χ2n) is 5.12. The van der Waals surface area contributed by atoms with Gasteiger partial charge in [0.05, 0.1) is 5.82 Å². The smallest absolute Gasteiger partial charge is 0.490 e. The molecule has 0 radical (unpaired) electrons. The topological polar surface area (TPSA) is 18.5 Å². The molecule has 0 aliphatic carbocycles. The standard InChI is InChI=1S/C15H12BF4O2.K/c17-14-8-11(5-6-13(14)16(18,19)20)21-9-12-7-10-3-1-2-4-15(10)22-12;/h1-6,8,12H,7,9H2;/q-1;+1. The summed E-state index contributed by atoms with van der Waals surface area (Å²) in [6.45, 7) is -5.21. The molecule has 1 heterocycles. The van der Waals surface area contributed by atoms with Crippen molar-refractivity contribution in [3.8, 4) is 11.5 Å². The minimum absolute atomic E-state index is 0. The van der Waals surface area contributed by atoms with E-state index in [4.69, 9.17) is 9.47 Å². The Morgan fingerprint density at radius 1 is 1.13 bits per heavy atom. The van der Waals surface area contributed by atoms with Gasteiger partial charge >= 0.3 is 58.4 Å². The molecule has 23 heavy (non-hydrogen) atoms. The van der Waals surface area contributed by atoms with Gasteiger partial charge in [-0.25, -0.2) is 4.39 Å². The number of hydrogen-bond acceptors (Lipinski definition) is 2. The van der Waals surface area contributed by atoms with E-state index in [1.807, 2.05) is 24.3 Å². The van der Waals surface area contributed by atoms with Crippen molar-refractivity contribution in [1.82, 2.24) is 0 Å². The molecule has 0 saturated heterocycles. The maximum atomic E-state index is 13.4. The monoisotopic (exact) mass is 350 g/mol. The molecule has 0 bridgehead atoms. The molecule has 3 rings (SSSR count). The zero-order valence-electron chi connectivity index (χ0n) is 12.4. The predicted molar refractivity (Wildman–Crippen MR) is 75.2 cm³/mol. The van der Waals surface area contributed by atoms with Crippen LogP contribution in [-0.2, 0) is 6.42 Å². The van der Waals surface area contributed by atoms with Gasteiger partial charge in [0.1, 0.15) is 24.2 Å². The third-order valence-corrected chi connectivity index (χ3v) is 3.47. The molecule has 0 amide bonds. The van der Waals surface area contributed by atoms with Crippen molar-refractivity contribution in [3.05, 3.63) is 53.8 Å². The largest absolute Gasteiger partial charge is 1.00 e. The Morgan fingerprint density at radius 2 is 1.87 bits per heavy atom. The summed E-state index contributed by atoms with van der Waals surface area (Å²) in [7, 11) is 0. The van der Waals surface area contributed by atoms with E-state index >= 15 is 0 Å². The number of benzene rings is 2. The Balaban J connectivity index is 0.00000192. The van der Waals surface area contributed by atoms with Gasteiger partial charge < -0.3 is 22.4 Å². The molecule has 116 valence electrons. The van der Waals surface area contributed by atoms with Crippen LogP contribution in [0.3, 0.4) is 0 Å². The molecule has 2 aromatic carbocycles. The van der Waals surface area contributed by atoms with E-state index < -0.39 is 18.3 Å². The summed E-state index contributed by atoms with van der Waals surface area (Å²) in [6.07, 6.45) is 0.426. The maximum absolute atomic E-state index is 13.4.